The Kier molecular flexibility index (Phi) is 6.95. The third-order valence-electron chi connectivity index (χ3n) is 6.60. The molecule has 0 unspecified atom stereocenters. The molecule has 2 amide bonds. The number of para-hydroxylation sites is 1. The average Bonchev–Trinajstić information content (AvgIpc) is 3.60. The SMILES string of the molecule is CCOc1nn(-c2ccccc2)c(NC(=O)N[C@@H]2CN(c3n[nH]nc3C)C[C@H]2c2ccc(F)c(F)c2)c1C. The summed E-state index contributed by atoms with van der Waals surface area (Å²) in [7, 11) is 0. The van der Waals surface area contributed by atoms with Gasteiger partial charge in [0.2, 0.25) is 5.88 Å². The van der Waals surface area contributed by atoms with E-state index >= 15 is 0 Å². The lowest BCUT2D eigenvalue weighted by atomic mass is 9.94. The van der Waals surface area contributed by atoms with Crippen LogP contribution < -0.4 is 20.3 Å². The minimum absolute atomic E-state index is 0.328. The predicted octanol–water partition coefficient (Wildman–Crippen LogP) is 4.08. The van der Waals surface area contributed by atoms with Crippen LogP contribution in [0.25, 0.3) is 5.69 Å². The van der Waals surface area contributed by atoms with Gasteiger partial charge in [-0.2, -0.15) is 10.3 Å². The molecule has 3 heterocycles. The molecule has 0 spiro atoms. The molecule has 1 aliphatic heterocycles. The first-order valence-corrected chi connectivity index (χ1v) is 12.3. The van der Waals surface area contributed by atoms with E-state index in [4.69, 9.17) is 4.74 Å². The maximum atomic E-state index is 14.1. The molecule has 1 aliphatic rings. The van der Waals surface area contributed by atoms with Crippen LogP contribution in [0.5, 0.6) is 5.88 Å². The number of urea groups is 1. The van der Waals surface area contributed by atoms with Crippen LogP contribution in [0.3, 0.4) is 0 Å². The van der Waals surface area contributed by atoms with Crippen LogP contribution in [0.1, 0.15) is 29.7 Å². The second kappa shape index (κ2) is 10.5. The Morgan fingerprint density at radius 2 is 1.89 bits per heavy atom. The third-order valence-corrected chi connectivity index (χ3v) is 6.60. The molecule has 1 saturated heterocycles. The van der Waals surface area contributed by atoms with Gasteiger partial charge in [-0.1, -0.05) is 24.3 Å². The molecule has 0 saturated carbocycles. The minimum atomic E-state index is -0.937. The largest absolute Gasteiger partial charge is 0.477 e. The van der Waals surface area contributed by atoms with E-state index in [1.54, 1.807) is 4.68 Å². The van der Waals surface area contributed by atoms with E-state index in [9.17, 15) is 13.6 Å². The Morgan fingerprint density at radius 1 is 1.11 bits per heavy atom. The van der Waals surface area contributed by atoms with Crippen LogP contribution in [0.15, 0.2) is 48.5 Å². The zero-order valence-corrected chi connectivity index (χ0v) is 21.2. The van der Waals surface area contributed by atoms with Crippen molar-refractivity contribution in [2.75, 3.05) is 29.9 Å². The van der Waals surface area contributed by atoms with Gasteiger partial charge in [0.25, 0.3) is 0 Å². The summed E-state index contributed by atoms with van der Waals surface area (Å²) in [5, 5.41) is 21.4. The van der Waals surface area contributed by atoms with Gasteiger partial charge in [-0.05, 0) is 50.6 Å². The lowest BCUT2D eigenvalue weighted by Crippen LogP contribution is -2.42. The number of halogens is 2. The van der Waals surface area contributed by atoms with Crippen LogP contribution in [-0.4, -0.2) is 57.0 Å². The number of carbonyl (C=O) groups is 1. The highest BCUT2D eigenvalue weighted by atomic mass is 19.2. The number of aromatic amines is 1. The van der Waals surface area contributed by atoms with Crippen molar-refractivity contribution in [1.82, 2.24) is 30.5 Å². The summed E-state index contributed by atoms with van der Waals surface area (Å²) in [6.07, 6.45) is 0. The number of hydrogen-bond donors (Lipinski definition) is 3. The molecule has 2 atom stereocenters. The fourth-order valence-electron chi connectivity index (χ4n) is 4.75. The normalized spacial score (nSPS) is 17.0. The molecular formula is C26H28F2N8O2. The van der Waals surface area contributed by atoms with Gasteiger partial charge < -0.3 is 15.0 Å². The molecule has 2 aromatic carbocycles. The molecule has 0 bridgehead atoms. The van der Waals surface area contributed by atoms with Crippen molar-refractivity contribution in [3.05, 3.63) is 77.0 Å². The van der Waals surface area contributed by atoms with Crippen LogP contribution >= 0.6 is 0 Å². The van der Waals surface area contributed by atoms with Crippen LogP contribution in [0.2, 0.25) is 0 Å². The summed E-state index contributed by atoms with van der Waals surface area (Å²) in [5.41, 5.74) is 2.70. The highest BCUT2D eigenvalue weighted by molar-refractivity contribution is 5.90. The Morgan fingerprint density at radius 3 is 2.58 bits per heavy atom. The van der Waals surface area contributed by atoms with Gasteiger partial charge in [0, 0.05) is 19.0 Å². The quantitative estimate of drug-likeness (QED) is 0.337. The number of ether oxygens (including phenoxy) is 1. The highest BCUT2D eigenvalue weighted by Gasteiger charge is 2.37. The van der Waals surface area contributed by atoms with E-state index in [0.29, 0.717) is 54.0 Å². The van der Waals surface area contributed by atoms with E-state index in [0.717, 1.165) is 11.8 Å². The Balaban J connectivity index is 1.42. The van der Waals surface area contributed by atoms with Crippen LogP contribution in [0.4, 0.5) is 25.2 Å². The highest BCUT2D eigenvalue weighted by Crippen LogP contribution is 2.33. The molecule has 0 radical (unpaired) electrons. The van der Waals surface area contributed by atoms with Gasteiger partial charge >= 0.3 is 6.03 Å². The summed E-state index contributed by atoms with van der Waals surface area (Å²) in [6.45, 7) is 6.75. The number of nitrogens with one attached hydrogen (secondary N) is 3. The van der Waals surface area contributed by atoms with Crippen molar-refractivity contribution in [2.24, 2.45) is 0 Å². The average molecular weight is 523 g/mol. The number of amides is 2. The van der Waals surface area contributed by atoms with Crippen LogP contribution in [-0.2, 0) is 0 Å². The molecule has 198 valence electrons. The first kappa shape index (κ1) is 25.2. The Hall–Kier alpha value is -4.48. The van der Waals surface area contributed by atoms with Gasteiger partial charge in [-0.15, -0.1) is 10.2 Å². The van der Waals surface area contributed by atoms with Gasteiger partial charge in [0.1, 0.15) is 11.5 Å². The summed E-state index contributed by atoms with van der Waals surface area (Å²) >= 11 is 0. The molecule has 1 fully saturated rings. The number of carbonyl (C=O) groups excluding carboxylic acids is 1. The van der Waals surface area contributed by atoms with E-state index in [2.05, 4.69) is 31.1 Å². The molecular weight excluding hydrogens is 494 g/mol. The van der Waals surface area contributed by atoms with E-state index < -0.39 is 23.7 Å². The van der Waals surface area contributed by atoms with E-state index in [1.165, 1.54) is 12.1 Å². The summed E-state index contributed by atoms with van der Waals surface area (Å²) < 4.78 is 35.1. The molecule has 4 aromatic rings. The van der Waals surface area contributed by atoms with E-state index in [-0.39, 0.29) is 5.92 Å². The van der Waals surface area contributed by atoms with Crippen molar-refractivity contribution in [3.63, 3.8) is 0 Å². The topological polar surface area (TPSA) is 113 Å². The number of anilines is 2. The molecule has 38 heavy (non-hydrogen) atoms. The molecule has 5 rings (SSSR count). The second-order valence-corrected chi connectivity index (χ2v) is 9.08. The number of H-pyrrole nitrogens is 1. The number of nitrogens with zero attached hydrogens (tertiary/aromatic N) is 5. The third kappa shape index (κ3) is 4.89. The first-order valence-electron chi connectivity index (χ1n) is 12.3. The zero-order chi connectivity index (χ0) is 26.8. The number of hydrogen-bond acceptors (Lipinski definition) is 6. The zero-order valence-electron chi connectivity index (χ0n) is 21.2. The van der Waals surface area contributed by atoms with Crippen molar-refractivity contribution in [1.29, 1.82) is 0 Å². The summed E-state index contributed by atoms with van der Waals surface area (Å²) in [5.74, 6) is -0.670. The molecule has 10 nitrogen and oxygen atoms in total. The van der Waals surface area contributed by atoms with Crippen LogP contribution in [0, 0.1) is 25.5 Å². The second-order valence-electron chi connectivity index (χ2n) is 9.08. The summed E-state index contributed by atoms with van der Waals surface area (Å²) in [6, 6.07) is 12.3. The lowest BCUT2D eigenvalue weighted by Gasteiger charge is -2.21. The first-order chi connectivity index (χ1) is 18.4. The van der Waals surface area contributed by atoms with Crippen molar-refractivity contribution < 1.29 is 18.3 Å². The van der Waals surface area contributed by atoms with Crippen molar-refractivity contribution >= 4 is 17.7 Å². The van der Waals surface area contributed by atoms with Crippen molar-refractivity contribution in [3.8, 4) is 11.6 Å². The molecule has 12 heteroatoms. The predicted molar refractivity (Wildman–Crippen MR) is 138 cm³/mol. The molecule has 2 aromatic heterocycles. The van der Waals surface area contributed by atoms with E-state index in [1.807, 2.05) is 56.0 Å². The monoisotopic (exact) mass is 522 g/mol. The minimum Gasteiger partial charge on any atom is -0.477 e. The van der Waals surface area contributed by atoms with Gasteiger partial charge in [0.15, 0.2) is 17.5 Å². The molecule has 3 N–H and O–H groups in total. The van der Waals surface area contributed by atoms with Gasteiger partial charge in [-0.25, -0.2) is 18.3 Å². The number of aryl methyl sites for hydroxylation is 1. The maximum Gasteiger partial charge on any atom is 0.320 e. The standard InChI is InChI=1S/C26H28F2N8O2/c1-4-38-25-15(2)23(36(33-25)18-8-6-5-7-9-18)30-26(37)29-22-14-35(24-16(3)31-34-32-24)13-19(22)17-10-11-20(27)21(28)12-17/h5-12,19,22H,4,13-14H2,1-3H3,(H2,29,30,37)(H,31,32,34)/t19-,22+/m0/s1. The fourth-order valence-corrected chi connectivity index (χ4v) is 4.75. The lowest BCUT2D eigenvalue weighted by molar-refractivity contribution is 0.248. The number of rotatable bonds is 7. The summed E-state index contributed by atoms with van der Waals surface area (Å²) in [4.78, 5) is 15.3. The smallest absolute Gasteiger partial charge is 0.320 e. The maximum absolute atomic E-state index is 14.1. The Labute approximate surface area is 218 Å². The van der Waals surface area contributed by atoms with Crippen molar-refractivity contribution in [2.45, 2.75) is 32.7 Å². The Bertz CT molecular complexity index is 1440. The number of benzene rings is 2. The van der Waals surface area contributed by atoms with Gasteiger partial charge in [0.05, 0.1) is 23.9 Å². The molecule has 0 aliphatic carbocycles. The number of aromatic nitrogens is 5. The fraction of sp³-hybridized carbons (Fsp3) is 0.308. The van der Waals surface area contributed by atoms with Gasteiger partial charge in [-0.3, -0.25) is 5.32 Å².